The Morgan fingerprint density at radius 3 is 2.52 bits per heavy atom. The number of nitrogens with one attached hydrogen (secondary N) is 2. The van der Waals surface area contributed by atoms with Crippen LogP contribution in [0, 0.1) is 0 Å². The largest absolute Gasteiger partial charge is 0.357 e. The van der Waals surface area contributed by atoms with Crippen LogP contribution in [0.25, 0.3) is 0 Å². The van der Waals surface area contributed by atoms with E-state index in [1.54, 1.807) is 0 Å². The third-order valence-corrected chi connectivity index (χ3v) is 5.69. The topological polar surface area (TPSA) is 85.8 Å². The Morgan fingerprint density at radius 1 is 1.13 bits per heavy atom. The molecule has 2 N–H and O–H groups in total. The first-order valence-electron chi connectivity index (χ1n) is 10.6. The van der Waals surface area contributed by atoms with Gasteiger partial charge in [0.2, 0.25) is 5.13 Å². The third kappa shape index (κ3) is 7.60. The summed E-state index contributed by atoms with van der Waals surface area (Å²) in [7, 11) is 0. The number of aromatic nitrogens is 2. The van der Waals surface area contributed by atoms with E-state index in [1.807, 2.05) is 30.3 Å². The summed E-state index contributed by atoms with van der Waals surface area (Å²) in [4.78, 5) is 26.0. The van der Waals surface area contributed by atoms with Crippen LogP contribution in [0.2, 0.25) is 0 Å². The Kier molecular flexibility index (Phi) is 11.0. The third-order valence-electron chi connectivity index (χ3n) is 4.88. The fraction of sp³-hybridized carbons (Fsp3) is 0.524. The number of rotatable bonds is 8. The first-order valence-corrected chi connectivity index (χ1v) is 11.4. The number of halogens is 1. The van der Waals surface area contributed by atoms with Crippen LogP contribution in [-0.2, 0) is 6.42 Å². The van der Waals surface area contributed by atoms with Crippen molar-refractivity contribution in [3.8, 4) is 0 Å². The number of anilines is 1. The highest BCUT2D eigenvalue weighted by atomic mass is 127. The Morgan fingerprint density at radius 2 is 1.87 bits per heavy atom. The monoisotopic (exact) mass is 557 g/mol. The molecule has 1 saturated heterocycles. The van der Waals surface area contributed by atoms with Crippen LogP contribution in [-0.4, -0.2) is 71.9 Å². The van der Waals surface area contributed by atoms with E-state index in [-0.39, 0.29) is 29.9 Å². The van der Waals surface area contributed by atoms with Crippen LogP contribution in [0.5, 0.6) is 0 Å². The normalized spacial score (nSPS) is 14.2. The summed E-state index contributed by atoms with van der Waals surface area (Å²) in [5.74, 6) is 1.83. The highest BCUT2D eigenvalue weighted by molar-refractivity contribution is 14.0. The van der Waals surface area contributed by atoms with E-state index in [0.29, 0.717) is 18.7 Å². The van der Waals surface area contributed by atoms with Gasteiger partial charge in [-0.25, -0.2) is 4.98 Å². The molecule has 2 heterocycles. The highest BCUT2D eigenvalue weighted by Gasteiger charge is 2.21. The van der Waals surface area contributed by atoms with Gasteiger partial charge < -0.3 is 20.4 Å². The number of hydrogen-bond acceptors (Lipinski definition) is 6. The predicted octanol–water partition coefficient (Wildman–Crippen LogP) is 2.63. The van der Waals surface area contributed by atoms with Crippen molar-refractivity contribution in [3.05, 3.63) is 41.7 Å². The van der Waals surface area contributed by atoms with Gasteiger partial charge in [-0.15, -0.1) is 24.0 Å². The predicted molar refractivity (Wildman–Crippen MR) is 138 cm³/mol. The van der Waals surface area contributed by atoms with Gasteiger partial charge in [0.25, 0.3) is 5.91 Å². The standard InChI is InChI=1S/C21H31N7OS.HI/c1-3-18-25-21(30-26-18)28-15-13-27(14-16-28)20(22-4-2)24-12-8-11-23-19(29)17-9-6-5-7-10-17;/h5-7,9-10H,3-4,8,11-16H2,1-2H3,(H,22,24)(H,23,29);1H. The number of carbonyl (C=O) groups excluding carboxylic acids is 1. The number of carbonyl (C=O) groups is 1. The molecule has 3 rings (SSSR count). The second kappa shape index (κ2) is 13.5. The fourth-order valence-corrected chi connectivity index (χ4v) is 4.01. The van der Waals surface area contributed by atoms with Crippen molar-refractivity contribution >= 4 is 52.5 Å². The van der Waals surface area contributed by atoms with Crippen molar-refractivity contribution in [2.75, 3.05) is 50.7 Å². The maximum Gasteiger partial charge on any atom is 0.251 e. The SMILES string of the molecule is CCNC(=NCCCNC(=O)c1ccccc1)N1CCN(c2nc(CC)ns2)CC1.I. The van der Waals surface area contributed by atoms with Gasteiger partial charge >= 0.3 is 0 Å². The van der Waals surface area contributed by atoms with Crippen LogP contribution in [0.3, 0.4) is 0 Å². The summed E-state index contributed by atoms with van der Waals surface area (Å²) in [6, 6.07) is 9.29. The molecule has 1 aromatic heterocycles. The summed E-state index contributed by atoms with van der Waals surface area (Å²) in [6.45, 7) is 9.91. The number of aliphatic imine (C=N–C) groups is 1. The molecule has 10 heteroatoms. The summed E-state index contributed by atoms with van der Waals surface area (Å²) < 4.78 is 4.39. The Balaban J connectivity index is 0.00000341. The molecule has 1 aromatic carbocycles. The molecule has 1 aliphatic heterocycles. The molecule has 0 unspecified atom stereocenters. The van der Waals surface area contributed by atoms with Crippen molar-refractivity contribution in [2.45, 2.75) is 26.7 Å². The number of piperazine rings is 1. The van der Waals surface area contributed by atoms with E-state index >= 15 is 0 Å². The molecule has 1 fully saturated rings. The zero-order valence-corrected chi connectivity index (χ0v) is 21.4. The van der Waals surface area contributed by atoms with E-state index < -0.39 is 0 Å². The molecular formula is C21H32IN7OS. The lowest BCUT2D eigenvalue weighted by molar-refractivity contribution is 0.0953. The molecular weight excluding hydrogens is 525 g/mol. The molecule has 31 heavy (non-hydrogen) atoms. The van der Waals surface area contributed by atoms with Gasteiger partial charge in [0.15, 0.2) is 5.96 Å². The van der Waals surface area contributed by atoms with Gasteiger partial charge in [0.1, 0.15) is 5.82 Å². The number of nitrogens with zero attached hydrogens (tertiary/aromatic N) is 5. The summed E-state index contributed by atoms with van der Waals surface area (Å²) in [6.07, 6.45) is 1.68. The average molecular weight is 558 g/mol. The number of benzene rings is 1. The van der Waals surface area contributed by atoms with Crippen molar-refractivity contribution in [1.29, 1.82) is 0 Å². The Hall–Kier alpha value is -1.95. The molecule has 8 nitrogen and oxygen atoms in total. The second-order valence-corrected chi connectivity index (χ2v) is 7.76. The second-order valence-electron chi connectivity index (χ2n) is 7.03. The smallest absolute Gasteiger partial charge is 0.251 e. The van der Waals surface area contributed by atoms with Crippen molar-refractivity contribution in [2.24, 2.45) is 4.99 Å². The van der Waals surface area contributed by atoms with E-state index in [9.17, 15) is 4.79 Å². The van der Waals surface area contributed by atoms with Crippen molar-refractivity contribution < 1.29 is 4.79 Å². The average Bonchev–Trinajstić information content (AvgIpc) is 3.28. The van der Waals surface area contributed by atoms with Crippen LogP contribution in [0.4, 0.5) is 5.13 Å². The van der Waals surface area contributed by atoms with Crippen molar-refractivity contribution in [1.82, 2.24) is 24.9 Å². The zero-order valence-electron chi connectivity index (χ0n) is 18.2. The molecule has 0 radical (unpaired) electrons. The highest BCUT2D eigenvalue weighted by Crippen LogP contribution is 2.19. The summed E-state index contributed by atoms with van der Waals surface area (Å²) >= 11 is 1.49. The maximum absolute atomic E-state index is 12.1. The lowest BCUT2D eigenvalue weighted by atomic mass is 10.2. The van der Waals surface area contributed by atoms with Gasteiger partial charge in [-0.1, -0.05) is 25.1 Å². The van der Waals surface area contributed by atoms with Gasteiger partial charge in [-0.05, 0) is 25.5 Å². The maximum atomic E-state index is 12.1. The summed E-state index contributed by atoms with van der Waals surface area (Å²) in [5.41, 5.74) is 0.689. The number of hydrogen-bond donors (Lipinski definition) is 2. The molecule has 2 aromatic rings. The van der Waals surface area contributed by atoms with Gasteiger partial charge in [-0.3, -0.25) is 9.79 Å². The van der Waals surface area contributed by atoms with Gasteiger partial charge in [0.05, 0.1) is 0 Å². The summed E-state index contributed by atoms with van der Waals surface area (Å²) in [5, 5.41) is 7.36. The molecule has 1 amide bonds. The molecule has 170 valence electrons. The lowest BCUT2D eigenvalue weighted by Crippen LogP contribution is -2.52. The minimum atomic E-state index is -0.0366. The molecule has 0 spiro atoms. The molecule has 0 saturated carbocycles. The zero-order chi connectivity index (χ0) is 21.2. The molecule has 0 bridgehead atoms. The van der Waals surface area contributed by atoms with Crippen molar-refractivity contribution in [3.63, 3.8) is 0 Å². The first kappa shape index (κ1) is 25.3. The lowest BCUT2D eigenvalue weighted by Gasteiger charge is -2.36. The van der Waals surface area contributed by atoms with Gasteiger partial charge in [-0.2, -0.15) is 4.37 Å². The van der Waals surface area contributed by atoms with E-state index in [0.717, 1.165) is 62.5 Å². The minimum absolute atomic E-state index is 0. The molecule has 0 atom stereocenters. The quantitative estimate of drug-likeness (QED) is 0.225. The first-order chi connectivity index (χ1) is 14.7. The van der Waals surface area contributed by atoms with Crippen LogP contribution >= 0.6 is 35.5 Å². The minimum Gasteiger partial charge on any atom is -0.357 e. The Bertz CT molecular complexity index is 822. The molecule has 0 aliphatic carbocycles. The Labute approximate surface area is 205 Å². The van der Waals surface area contributed by atoms with Crippen LogP contribution in [0.15, 0.2) is 35.3 Å². The van der Waals surface area contributed by atoms with Crippen LogP contribution in [0.1, 0.15) is 36.5 Å². The van der Waals surface area contributed by atoms with E-state index in [2.05, 4.69) is 43.6 Å². The molecule has 1 aliphatic rings. The number of guanidine groups is 1. The van der Waals surface area contributed by atoms with E-state index in [4.69, 9.17) is 4.99 Å². The van der Waals surface area contributed by atoms with Crippen LogP contribution < -0.4 is 15.5 Å². The van der Waals surface area contributed by atoms with E-state index in [1.165, 1.54) is 11.5 Å². The number of amides is 1. The fourth-order valence-electron chi connectivity index (χ4n) is 3.21. The van der Waals surface area contributed by atoms with Gasteiger partial charge in [0, 0.05) is 69.3 Å². The number of aryl methyl sites for hydroxylation is 1.